The van der Waals surface area contributed by atoms with E-state index in [-0.39, 0.29) is 5.75 Å². The second-order valence-electron chi connectivity index (χ2n) is 3.20. The minimum atomic E-state index is -0.978. The van der Waals surface area contributed by atoms with Gasteiger partial charge < -0.3 is 5.11 Å². The van der Waals surface area contributed by atoms with Crippen LogP contribution in [0.25, 0.3) is 5.69 Å². The van der Waals surface area contributed by atoms with Crippen LogP contribution >= 0.6 is 11.8 Å². The number of aliphatic carboxylic acids is 1. The van der Waals surface area contributed by atoms with E-state index >= 15 is 0 Å². The van der Waals surface area contributed by atoms with Crippen molar-refractivity contribution in [3.63, 3.8) is 0 Å². The molecule has 0 amide bonds. The first kappa shape index (κ1) is 12.2. The van der Waals surface area contributed by atoms with E-state index in [0.717, 1.165) is 11.8 Å². The number of rotatable bonds is 4. The summed E-state index contributed by atoms with van der Waals surface area (Å²) in [7, 11) is 0. The first-order valence-electron chi connectivity index (χ1n) is 4.86. The predicted molar refractivity (Wildman–Crippen MR) is 63.8 cm³/mol. The minimum absolute atomic E-state index is 0.176. The Morgan fingerprint density at radius 2 is 2.11 bits per heavy atom. The van der Waals surface area contributed by atoms with Gasteiger partial charge in [0, 0.05) is 12.3 Å². The number of hydrogen-bond acceptors (Lipinski definition) is 6. The van der Waals surface area contributed by atoms with Crippen LogP contribution in [0.1, 0.15) is 0 Å². The highest BCUT2D eigenvalue weighted by Gasteiger charge is 2.08. The number of carboxylic acids is 1. The Morgan fingerprint density at radius 3 is 2.78 bits per heavy atom. The number of aromatic nitrogens is 4. The van der Waals surface area contributed by atoms with E-state index in [9.17, 15) is 9.59 Å². The molecule has 0 saturated heterocycles. The SMILES string of the molecule is O=C(O)CSc1nc(=O)ccn1-c1cncnc1. The topological polar surface area (TPSA) is 98.0 Å². The first-order chi connectivity index (χ1) is 8.66. The monoisotopic (exact) mass is 264 g/mol. The second kappa shape index (κ2) is 5.41. The van der Waals surface area contributed by atoms with Crippen LogP contribution in [0.5, 0.6) is 0 Å². The largest absolute Gasteiger partial charge is 0.481 e. The van der Waals surface area contributed by atoms with E-state index in [1.165, 1.54) is 18.6 Å². The molecule has 0 saturated carbocycles. The van der Waals surface area contributed by atoms with Crippen molar-refractivity contribution in [1.29, 1.82) is 0 Å². The third-order valence-corrected chi connectivity index (χ3v) is 2.87. The quantitative estimate of drug-likeness (QED) is 0.622. The molecule has 2 aromatic heterocycles. The highest BCUT2D eigenvalue weighted by Crippen LogP contribution is 2.17. The summed E-state index contributed by atoms with van der Waals surface area (Å²) < 4.78 is 1.56. The van der Waals surface area contributed by atoms with Gasteiger partial charge in [0.15, 0.2) is 5.16 Å². The zero-order valence-corrected chi connectivity index (χ0v) is 9.87. The molecule has 7 nitrogen and oxygen atoms in total. The maximum atomic E-state index is 11.2. The number of nitrogens with zero attached hydrogens (tertiary/aromatic N) is 4. The molecule has 0 fully saturated rings. The van der Waals surface area contributed by atoms with Gasteiger partial charge in [-0.15, -0.1) is 0 Å². The molecule has 0 bridgehead atoms. The maximum Gasteiger partial charge on any atom is 0.313 e. The molecule has 18 heavy (non-hydrogen) atoms. The normalized spacial score (nSPS) is 10.2. The zero-order chi connectivity index (χ0) is 13.0. The fraction of sp³-hybridized carbons (Fsp3) is 0.100. The lowest BCUT2D eigenvalue weighted by atomic mass is 10.5. The Balaban J connectivity index is 2.41. The van der Waals surface area contributed by atoms with Gasteiger partial charge in [0.25, 0.3) is 5.56 Å². The average Bonchev–Trinajstić information content (AvgIpc) is 2.37. The molecule has 8 heteroatoms. The number of carbonyl (C=O) groups is 1. The van der Waals surface area contributed by atoms with Gasteiger partial charge in [-0.05, 0) is 0 Å². The molecular weight excluding hydrogens is 256 g/mol. The van der Waals surface area contributed by atoms with Crippen molar-refractivity contribution in [3.8, 4) is 5.69 Å². The fourth-order valence-corrected chi connectivity index (χ4v) is 1.94. The van der Waals surface area contributed by atoms with Gasteiger partial charge in [0.2, 0.25) is 0 Å². The summed E-state index contributed by atoms with van der Waals surface area (Å²) >= 11 is 0.961. The highest BCUT2D eigenvalue weighted by molar-refractivity contribution is 7.99. The van der Waals surface area contributed by atoms with Gasteiger partial charge in [-0.2, -0.15) is 4.98 Å². The molecule has 0 aliphatic heterocycles. The van der Waals surface area contributed by atoms with Gasteiger partial charge in [-0.25, -0.2) is 9.97 Å². The molecule has 2 aromatic rings. The Kier molecular flexibility index (Phi) is 3.68. The van der Waals surface area contributed by atoms with Gasteiger partial charge in [-0.1, -0.05) is 11.8 Å². The summed E-state index contributed by atoms with van der Waals surface area (Å²) in [6.45, 7) is 0. The lowest BCUT2D eigenvalue weighted by Crippen LogP contribution is -2.13. The van der Waals surface area contributed by atoms with E-state index in [4.69, 9.17) is 5.11 Å². The molecule has 0 aliphatic rings. The van der Waals surface area contributed by atoms with Crippen molar-refractivity contribution in [2.45, 2.75) is 5.16 Å². The van der Waals surface area contributed by atoms with Gasteiger partial charge in [0.05, 0.1) is 23.8 Å². The summed E-state index contributed by atoms with van der Waals surface area (Å²) in [4.78, 5) is 33.2. The molecule has 0 spiro atoms. The molecular formula is C10H8N4O3S. The molecule has 0 unspecified atom stereocenters. The standard InChI is InChI=1S/C10H8N4O3S/c15-8-1-2-14(7-3-11-6-12-4-7)10(13-8)18-5-9(16)17/h1-4,6H,5H2,(H,16,17). The molecule has 92 valence electrons. The Labute approximate surface area is 106 Å². The van der Waals surface area contributed by atoms with E-state index in [2.05, 4.69) is 15.0 Å². The van der Waals surface area contributed by atoms with Crippen LogP contribution < -0.4 is 5.56 Å². The molecule has 0 aromatic carbocycles. The van der Waals surface area contributed by atoms with Gasteiger partial charge >= 0.3 is 5.97 Å². The van der Waals surface area contributed by atoms with Gasteiger partial charge in [0.1, 0.15) is 6.33 Å². The molecule has 0 radical (unpaired) electrons. The fourth-order valence-electron chi connectivity index (χ4n) is 1.23. The summed E-state index contributed by atoms with van der Waals surface area (Å²) in [6.07, 6.45) is 5.98. The lowest BCUT2D eigenvalue weighted by Gasteiger charge is -2.09. The smallest absolute Gasteiger partial charge is 0.313 e. The number of carboxylic acid groups (broad SMARTS) is 1. The third-order valence-electron chi connectivity index (χ3n) is 1.93. The summed E-state index contributed by atoms with van der Waals surface area (Å²) in [5.41, 5.74) is 0.189. The molecule has 0 aliphatic carbocycles. The molecule has 0 atom stereocenters. The van der Waals surface area contributed by atoms with Gasteiger partial charge in [-0.3, -0.25) is 14.2 Å². The molecule has 1 N–H and O–H groups in total. The maximum absolute atomic E-state index is 11.2. The van der Waals surface area contributed by atoms with Crippen molar-refractivity contribution in [2.75, 3.05) is 5.75 Å². The van der Waals surface area contributed by atoms with Crippen LogP contribution in [0.15, 0.2) is 40.9 Å². The second-order valence-corrected chi connectivity index (χ2v) is 4.14. The average molecular weight is 264 g/mol. The number of thioether (sulfide) groups is 1. The van der Waals surface area contributed by atoms with Crippen LogP contribution in [0.4, 0.5) is 0 Å². The van der Waals surface area contributed by atoms with Crippen LogP contribution in [-0.4, -0.2) is 36.3 Å². The van der Waals surface area contributed by atoms with Crippen molar-refractivity contribution >= 4 is 17.7 Å². The van der Waals surface area contributed by atoms with Crippen LogP contribution in [-0.2, 0) is 4.79 Å². The van der Waals surface area contributed by atoms with E-state index in [1.54, 1.807) is 17.0 Å². The van der Waals surface area contributed by atoms with E-state index in [1.807, 2.05) is 0 Å². The Hall–Kier alpha value is -2.22. The van der Waals surface area contributed by atoms with Crippen molar-refractivity contribution < 1.29 is 9.90 Å². The minimum Gasteiger partial charge on any atom is -0.481 e. The summed E-state index contributed by atoms with van der Waals surface area (Å²) in [5.74, 6) is -1.15. The predicted octanol–water partition coefficient (Wildman–Crippen LogP) is 0.199. The first-order valence-corrected chi connectivity index (χ1v) is 5.85. The lowest BCUT2D eigenvalue weighted by molar-refractivity contribution is -0.133. The Bertz CT molecular complexity index is 614. The van der Waals surface area contributed by atoms with Crippen molar-refractivity contribution in [3.05, 3.63) is 41.3 Å². The Morgan fingerprint density at radius 1 is 1.39 bits per heavy atom. The van der Waals surface area contributed by atoms with E-state index in [0.29, 0.717) is 10.8 Å². The third kappa shape index (κ3) is 2.92. The summed E-state index contributed by atoms with van der Waals surface area (Å²) in [5, 5.41) is 8.94. The van der Waals surface area contributed by atoms with Crippen LogP contribution in [0.2, 0.25) is 0 Å². The van der Waals surface area contributed by atoms with Crippen LogP contribution in [0.3, 0.4) is 0 Å². The summed E-state index contributed by atoms with van der Waals surface area (Å²) in [6, 6.07) is 1.29. The van der Waals surface area contributed by atoms with E-state index < -0.39 is 11.5 Å². The van der Waals surface area contributed by atoms with Crippen molar-refractivity contribution in [2.24, 2.45) is 0 Å². The highest BCUT2D eigenvalue weighted by atomic mass is 32.2. The van der Waals surface area contributed by atoms with Crippen LogP contribution in [0, 0.1) is 0 Å². The molecule has 2 heterocycles. The molecule has 2 rings (SSSR count). The van der Waals surface area contributed by atoms with Crippen molar-refractivity contribution in [1.82, 2.24) is 19.5 Å². The number of hydrogen-bond donors (Lipinski definition) is 1. The zero-order valence-electron chi connectivity index (χ0n) is 9.05.